The van der Waals surface area contributed by atoms with E-state index < -0.39 is 0 Å². The monoisotopic (exact) mass is 220 g/mol. The summed E-state index contributed by atoms with van der Waals surface area (Å²) in [6, 6.07) is -0.0739. The number of aromatic amines is 1. The molecule has 0 saturated heterocycles. The SMILES string of the molecule is C#CCNCC(=O)NC(CC)c1ncc[nH]1. The molecule has 1 aromatic heterocycles. The van der Waals surface area contributed by atoms with Crippen molar-refractivity contribution in [1.29, 1.82) is 0 Å². The minimum atomic E-state index is -0.0847. The lowest BCUT2D eigenvalue weighted by atomic mass is 10.2. The van der Waals surface area contributed by atoms with E-state index in [-0.39, 0.29) is 18.5 Å². The van der Waals surface area contributed by atoms with Crippen LogP contribution in [0.25, 0.3) is 0 Å². The fourth-order valence-electron chi connectivity index (χ4n) is 1.33. The zero-order valence-electron chi connectivity index (χ0n) is 9.29. The second kappa shape index (κ2) is 6.64. The number of carbonyl (C=O) groups is 1. The van der Waals surface area contributed by atoms with E-state index in [0.717, 1.165) is 12.2 Å². The normalized spacial score (nSPS) is 11.8. The molecule has 0 aromatic carbocycles. The lowest BCUT2D eigenvalue weighted by Gasteiger charge is -2.14. The molecule has 1 unspecified atom stereocenters. The maximum atomic E-state index is 11.5. The van der Waals surface area contributed by atoms with Gasteiger partial charge in [0.15, 0.2) is 0 Å². The molecule has 0 aliphatic heterocycles. The highest BCUT2D eigenvalue weighted by Crippen LogP contribution is 2.10. The molecular weight excluding hydrogens is 204 g/mol. The molecule has 1 amide bonds. The van der Waals surface area contributed by atoms with E-state index in [2.05, 4.69) is 26.5 Å². The molecule has 0 aliphatic carbocycles. The third kappa shape index (κ3) is 3.75. The molecule has 1 aromatic rings. The number of aromatic nitrogens is 2. The first-order valence-electron chi connectivity index (χ1n) is 5.20. The lowest BCUT2D eigenvalue weighted by Crippen LogP contribution is -2.36. The van der Waals surface area contributed by atoms with E-state index in [1.807, 2.05) is 6.92 Å². The Kier molecular flexibility index (Phi) is 5.09. The Morgan fingerprint density at radius 2 is 2.56 bits per heavy atom. The van der Waals surface area contributed by atoms with E-state index in [9.17, 15) is 4.79 Å². The zero-order valence-corrected chi connectivity index (χ0v) is 9.29. The number of hydrogen-bond donors (Lipinski definition) is 3. The van der Waals surface area contributed by atoms with Crippen LogP contribution in [-0.4, -0.2) is 29.0 Å². The van der Waals surface area contributed by atoms with Gasteiger partial charge in [0, 0.05) is 12.4 Å². The predicted molar refractivity (Wildman–Crippen MR) is 61.5 cm³/mol. The van der Waals surface area contributed by atoms with Crippen molar-refractivity contribution in [2.24, 2.45) is 0 Å². The third-order valence-corrected chi connectivity index (χ3v) is 2.11. The van der Waals surface area contributed by atoms with Crippen LogP contribution in [0.2, 0.25) is 0 Å². The fourth-order valence-corrected chi connectivity index (χ4v) is 1.33. The van der Waals surface area contributed by atoms with Gasteiger partial charge in [-0.25, -0.2) is 4.98 Å². The number of imidazole rings is 1. The van der Waals surface area contributed by atoms with Crippen molar-refractivity contribution >= 4 is 5.91 Å². The van der Waals surface area contributed by atoms with Gasteiger partial charge in [0.25, 0.3) is 0 Å². The Labute approximate surface area is 95.0 Å². The van der Waals surface area contributed by atoms with Crippen LogP contribution >= 0.6 is 0 Å². The quantitative estimate of drug-likeness (QED) is 0.474. The minimum Gasteiger partial charge on any atom is -0.347 e. The number of H-pyrrole nitrogens is 1. The van der Waals surface area contributed by atoms with Gasteiger partial charge in [0.1, 0.15) is 5.82 Å². The van der Waals surface area contributed by atoms with Crippen molar-refractivity contribution in [2.75, 3.05) is 13.1 Å². The van der Waals surface area contributed by atoms with Crippen LogP contribution in [0, 0.1) is 12.3 Å². The molecule has 86 valence electrons. The summed E-state index contributed by atoms with van der Waals surface area (Å²) in [5, 5.41) is 5.70. The van der Waals surface area contributed by atoms with Gasteiger partial charge >= 0.3 is 0 Å². The first kappa shape index (κ1) is 12.3. The van der Waals surface area contributed by atoms with E-state index >= 15 is 0 Å². The van der Waals surface area contributed by atoms with Gasteiger partial charge in [-0.1, -0.05) is 12.8 Å². The summed E-state index contributed by atoms with van der Waals surface area (Å²) >= 11 is 0. The Morgan fingerprint density at radius 1 is 1.75 bits per heavy atom. The van der Waals surface area contributed by atoms with Gasteiger partial charge in [-0.2, -0.15) is 0 Å². The standard InChI is InChI=1S/C11H16N4O/c1-3-5-12-8-10(16)15-9(4-2)11-13-6-7-14-11/h1,6-7,9,12H,4-5,8H2,2H3,(H,13,14)(H,15,16). The second-order valence-corrected chi connectivity index (χ2v) is 3.31. The number of hydrogen-bond acceptors (Lipinski definition) is 3. The largest absolute Gasteiger partial charge is 0.347 e. The first-order valence-corrected chi connectivity index (χ1v) is 5.20. The van der Waals surface area contributed by atoms with E-state index in [1.165, 1.54) is 0 Å². The van der Waals surface area contributed by atoms with Crippen LogP contribution in [0.1, 0.15) is 25.2 Å². The number of amides is 1. The maximum absolute atomic E-state index is 11.5. The van der Waals surface area contributed by atoms with Gasteiger partial charge in [-0.3, -0.25) is 10.1 Å². The van der Waals surface area contributed by atoms with Gasteiger partial charge in [-0.15, -0.1) is 6.42 Å². The average Bonchev–Trinajstić information content (AvgIpc) is 2.79. The number of nitrogens with one attached hydrogen (secondary N) is 3. The van der Waals surface area contributed by atoms with Crippen LogP contribution in [0.3, 0.4) is 0 Å². The first-order chi connectivity index (χ1) is 7.77. The van der Waals surface area contributed by atoms with Gasteiger partial charge in [-0.05, 0) is 6.42 Å². The van der Waals surface area contributed by atoms with Crippen molar-refractivity contribution in [3.8, 4) is 12.3 Å². The third-order valence-electron chi connectivity index (χ3n) is 2.11. The van der Waals surface area contributed by atoms with Gasteiger partial charge in [0.05, 0.1) is 19.1 Å². The highest BCUT2D eigenvalue weighted by molar-refractivity contribution is 5.78. The molecule has 1 rings (SSSR count). The van der Waals surface area contributed by atoms with E-state index in [0.29, 0.717) is 6.54 Å². The number of carbonyl (C=O) groups excluding carboxylic acids is 1. The summed E-state index contributed by atoms with van der Waals surface area (Å²) in [6.07, 6.45) is 9.25. The molecule has 1 heterocycles. The topological polar surface area (TPSA) is 69.8 Å². The highest BCUT2D eigenvalue weighted by Gasteiger charge is 2.13. The number of rotatable bonds is 6. The fraction of sp³-hybridized carbons (Fsp3) is 0.455. The number of nitrogens with zero attached hydrogens (tertiary/aromatic N) is 1. The molecule has 16 heavy (non-hydrogen) atoms. The number of terminal acetylenes is 1. The Balaban J connectivity index is 2.39. The predicted octanol–water partition coefficient (Wildman–Crippen LogP) is 0.200. The summed E-state index contributed by atoms with van der Waals surface area (Å²) in [4.78, 5) is 18.6. The summed E-state index contributed by atoms with van der Waals surface area (Å²) in [7, 11) is 0. The summed E-state index contributed by atoms with van der Waals surface area (Å²) in [6.45, 7) is 2.61. The summed E-state index contributed by atoms with van der Waals surface area (Å²) in [5.41, 5.74) is 0. The van der Waals surface area contributed by atoms with E-state index in [1.54, 1.807) is 12.4 Å². The maximum Gasteiger partial charge on any atom is 0.234 e. The molecule has 5 heteroatoms. The van der Waals surface area contributed by atoms with Crippen molar-refractivity contribution in [1.82, 2.24) is 20.6 Å². The van der Waals surface area contributed by atoms with Crippen molar-refractivity contribution in [3.05, 3.63) is 18.2 Å². The van der Waals surface area contributed by atoms with Crippen LogP contribution in [-0.2, 0) is 4.79 Å². The Morgan fingerprint density at radius 3 is 3.12 bits per heavy atom. The van der Waals surface area contributed by atoms with Crippen molar-refractivity contribution in [3.63, 3.8) is 0 Å². The van der Waals surface area contributed by atoms with Gasteiger partial charge < -0.3 is 10.3 Å². The van der Waals surface area contributed by atoms with E-state index in [4.69, 9.17) is 6.42 Å². The molecule has 0 radical (unpaired) electrons. The molecule has 0 saturated carbocycles. The molecule has 0 spiro atoms. The second-order valence-electron chi connectivity index (χ2n) is 3.31. The minimum absolute atomic E-state index is 0.0739. The smallest absolute Gasteiger partial charge is 0.234 e. The average molecular weight is 220 g/mol. The lowest BCUT2D eigenvalue weighted by molar-refractivity contribution is -0.121. The van der Waals surface area contributed by atoms with Crippen LogP contribution in [0.15, 0.2) is 12.4 Å². The van der Waals surface area contributed by atoms with Crippen molar-refractivity contribution < 1.29 is 4.79 Å². The summed E-state index contributed by atoms with van der Waals surface area (Å²) in [5.74, 6) is 3.09. The molecule has 0 fully saturated rings. The molecule has 0 bridgehead atoms. The van der Waals surface area contributed by atoms with Crippen LogP contribution in [0.4, 0.5) is 0 Å². The molecular formula is C11H16N4O. The van der Waals surface area contributed by atoms with Crippen LogP contribution in [0.5, 0.6) is 0 Å². The summed E-state index contributed by atoms with van der Waals surface area (Å²) < 4.78 is 0. The Bertz CT molecular complexity index is 353. The Hall–Kier alpha value is -1.80. The molecule has 5 nitrogen and oxygen atoms in total. The van der Waals surface area contributed by atoms with Crippen LogP contribution < -0.4 is 10.6 Å². The molecule has 0 aliphatic rings. The van der Waals surface area contributed by atoms with Crippen molar-refractivity contribution in [2.45, 2.75) is 19.4 Å². The highest BCUT2D eigenvalue weighted by atomic mass is 16.2. The van der Waals surface area contributed by atoms with Gasteiger partial charge in [0.2, 0.25) is 5.91 Å². The zero-order chi connectivity index (χ0) is 11.8. The molecule has 3 N–H and O–H groups in total. The molecule has 1 atom stereocenters.